The first-order valence-corrected chi connectivity index (χ1v) is 16.7. The third-order valence-electron chi connectivity index (χ3n) is 7.42. The summed E-state index contributed by atoms with van der Waals surface area (Å²) in [5.74, 6) is 0.405. The molecule has 49 heavy (non-hydrogen) atoms. The molecular weight excluding hydrogens is 632 g/mol. The molecule has 0 aliphatic carbocycles. The molecule has 0 spiro atoms. The number of hydrogen-bond acceptors (Lipinski definition) is 10. The highest BCUT2D eigenvalue weighted by Gasteiger charge is 2.28. The van der Waals surface area contributed by atoms with Crippen molar-refractivity contribution >= 4 is 18.1 Å². The third kappa shape index (κ3) is 15.5. The van der Waals surface area contributed by atoms with Gasteiger partial charge in [0.05, 0.1) is 25.4 Å². The third-order valence-corrected chi connectivity index (χ3v) is 7.42. The summed E-state index contributed by atoms with van der Waals surface area (Å²) in [5, 5.41) is 30.9. The summed E-state index contributed by atoms with van der Waals surface area (Å²) in [5.41, 5.74) is 0.421. The lowest BCUT2D eigenvalue weighted by Gasteiger charge is -2.29. The van der Waals surface area contributed by atoms with Crippen molar-refractivity contribution in [2.24, 2.45) is 0 Å². The van der Waals surface area contributed by atoms with Crippen molar-refractivity contribution in [2.75, 3.05) is 46.0 Å². The van der Waals surface area contributed by atoms with Crippen molar-refractivity contribution in [3.63, 3.8) is 0 Å². The Kier molecular flexibility index (Phi) is 15.1. The Balaban J connectivity index is 1.61. The van der Waals surface area contributed by atoms with E-state index in [-0.39, 0.29) is 38.4 Å². The molecule has 4 atom stereocenters. The average Bonchev–Trinajstić information content (AvgIpc) is 3.02. The molecule has 3 rings (SSSR count). The van der Waals surface area contributed by atoms with Crippen molar-refractivity contribution in [3.8, 4) is 5.75 Å². The summed E-state index contributed by atoms with van der Waals surface area (Å²) in [7, 11) is 0. The van der Waals surface area contributed by atoms with Gasteiger partial charge in [-0.3, -0.25) is 4.79 Å². The summed E-state index contributed by atoms with van der Waals surface area (Å²) in [6, 6.07) is 15.7. The normalized spacial score (nSPS) is 16.1. The fraction of sp³-hybridized carbons (Fsp3) is 0.583. The molecule has 13 nitrogen and oxygen atoms in total. The van der Waals surface area contributed by atoms with Gasteiger partial charge >= 0.3 is 12.2 Å². The van der Waals surface area contributed by atoms with Crippen molar-refractivity contribution in [1.29, 1.82) is 0 Å². The maximum atomic E-state index is 12.7. The predicted octanol–water partition coefficient (Wildman–Crippen LogP) is 2.81. The minimum Gasteiger partial charge on any atom is -0.484 e. The van der Waals surface area contributed by atoms with Gasteiger partial charge in [-0.2, -0.15) is 0 Å². The number of nitrogens with one attached hydrogen (secondary N) is 3. The molecular formula is C36H54N4O9. The molecule has 3 amide bonds. The minimum absolute atomic E-state index is 0.00568. The molecule has 0 aromatic heterocycles. The molecule has 1 heterocycles. The maximum absolute atomic E-state index is 12.7. The monoisotopic (exact) mass is 686 g/mol. The SMILES string of the molecule is CC(C)(C)NC(=O)O[C@H](Cc1ccccc1)C(O)CNC[C@H](O)[C@H](Cc1ccc(OCC(=O)N2CCOCC2)cc1)NC(=O)OC(C)(C)C. The molecule has 0 radical (unpaired) electrons. The number of carbonyl (C=O) groups excluding carboxylic acids is 3. The number of ether oxygens (including phenoxy) is 4. The van der Waals surface area contributed by atoms with E-state index in [0.29, 0.717) is 32.1 Å². The van der Waals surface area contributed by atoms with Crippen LogP contribution in [0.3, 0.4) is 0 Å². The van der Waals surface area contributed by atoms with Crippen molar-refractivity contribution < 1.29 is 43.5 Å². The standard InChI is InChI=1S/C36H54N4O9/c1-35(2,3)39-34(45)48-31(21-25-10-8-7-9-11-25)30(42)23-37-22-29(41)28(38-33(44)49-36(4,5)6)20-26-12-14-27(15-13-26)47-24-32(43)40-16-18-46-19-17-40/h7-15,28-31,37,41-42H,16-24H2,1-6H3,(H,38,44)(H,39,45)/t28-,29-,30?,31+/m0/s1. The number of alkyl carbamates (subject to hydrolysis) is 2. The van der Waals surface area contributed by atoms with Crippen molar-refractivity contribution in [1.82, 2.24) is 20.9 Å². The molecule has 2 aromatic rings. The molecule has 1 saturated heterocycles. The second-order valence-electron chi connectivity index (χ2n) is 14.2. The van der Waals surface area contributed by atoms with Gasteiger partial charge in [0.15, 0.2) is 6.61 Å². The zero-order valence-electron chi connectivity index (χ0n) is 29.6. The van der Waals surface area contributed by atoms with E-state index >= 15 is 0 Å². The Morgan fingerprint density at radius 2 is 1.45 bits per heavy atom. The molecule has 272 valence electrons. The Labute approximate surface area is 289 Å². The van der Waals surface area contributed by atoms with E-state index in [2.05, 4.69) is 16.0 Å². The molecule has 0 saturated carbocycles. The van der Waals surface area contributed by atoms with E-state index in [1.807, 2.05) is 51.1 Å². The van der Waals surface area contributed by atoms with Gasteiger partial charge in [-0.25, -0.2) is 9.59 Å². The van der Waals surface area contributed by atoms with Crippen LogP contribution in [0.4, 0.5) is 9.59 Å². The number of benzene rings is 2. The van der Waals surface area contributed by atoms with Crippen LogP contribution in [0.5, 0.6) is 5.75 Å². The first-order valence-electron chi connectivity index (χ1n) is 16.7. The van der Waals surface area contributed by atoms with Crippen LogP contribution in [-0.4, -0.2) is 115 Å². The van der Waals surface area contributed by atoms with Gasteiger partial charge in [0, 0.05) is 38.1 Å². The Morgan fingerprint density at radius 1 is 0.837 bits per heavy atom. The van der Waals surface area contributed by atoms with E-state index in [0.717, 1.165) is 11.1 Å². The summed E-state index contributed by atoms with van der Waals surface area (Å²) >= 11 is 0. The van der Waals surface area contributed by atoms with Crippen molar-refractivity contribution in [3.05, 3.63) is 65.7 Å². The van der Waals surface area contributed by atoms with Crippen LogP contribution in [0.1, 0.15) is 52.7 Å². The lowest BCUT2D eigenvalue weighted by atomic mass is 10.0. The topological polar surface area (TPSA) is 168 Å². The summed E-state index contributed by atoms with van der Waals surface area (Å²) in [6.07, 6.45) is -3.83. The molecule has 0 bridgehead atoms. The van der Waals surface area contributed by atoms with Crippen LogP contribution in [0.25, 0.3) is 0 Å². The van der Waals surface area contributed by atoms with Gasteiger partial charge in [0.2, 0.25) is 0 Å². The highest BCUT2D eigenvalue weighted by molar-refractivity contribution is 5.77. The largest absolute Gasteiger partial charge is 0.484 e. The number of aliphatic hydroxyl groups excluding tert-OH is 2. The lowest BCUT2D eigenvalue weighted by Crippen LogP contribution is -2.51. The number of morpholine rings is 1. The zero-order chi connectivity index (χ0) is 36.0. The first kappa shape index (κ1) is 39.5. The smallest absolute Gasteiger partial charge is 0.407 e. The average molecular weight is 687 g/mol. The number of rotatable bonds is 15. The number of amides is 3. The Bertz CT molecular complexity index is 1310. The molecule has 2 aromatic carbocycles. The van der Waals surface area contributed by atoms with Gasteiger partial charge < -0.3 is 50.0 Å². The fourth-order valence-corrected chi connectivity index (χ4v) is 5.00. The number of nitrogens with zero attached hydrogens (tertiary/aromatic N) is 1. The first-order chi connectivity index (χ1) is 23.1. The van der Waals surface area contributed by atoms with Crippen LogP contribution in [-0.2, 0) is 31.8 Å². The van der Waals surface area contributed by atoms with Gasteiger partial charge in [-0.05, 0) is 71.2 Å². The Morgan fingerprint density at radius 3 is 2.06 bits per heavy atom. The second kappa shape index (κ2) is 18.7. The van der Waals surface area contributed by atoms with E-state index < -0.39 is 47.7 Å². The van der Waals surface area contributed by atoms with E-state index in [9.17, 15) is 24.6 Å². The van der Waals surface area contributed by atoms with Crippen molar-refractivity contribution in [2.45, 2.75) is 89.9 Å². The molecule has 1 unspecified atom stereocenters. The van der Waals surface area contributed by atoms with E-state index in [4.69, 9.17) is 18.9 Å². The Hall–Kier alpha value is -3.91. The van der Waals surface area contributed by atoms with Gasteiger partial charge in [-0.1, -0.05) is 42.5 Å². The lowest BCUT2D eigenvalue weighted by molar-refractivity contribution is -0.137. The van der Waals surface area contributed by atoms with Crippen LogP contribution < -0.4 is 20.7 Å². The number of carbonyl (C=O) groups is 3. The summed E-state index contributed by atoms with van der Waals surface area (Å²) in [4.78, 5) is 39.4. The zero-order valence-corrected chi connectivity index (χ0v) is 29.6. The molecule has 5 N–H and O–H groups in total. The quantitative estimate of drug-likeness (QED) is 0.188. The predicted molar refractivity (Wildman–Crippen MR) is 184 cm³/mol. The number of aliphatic hydroxyl groups is 2. The van der Waals surface area contributed by atoms with E-state index in [1.54, 1.807) is 49.9 Å². The van der Waals surface area contributed by atoms with Gasteiger partial charge in [0.1, 0.15) is 23.6 Å². The van der Waals surface area contributed by atoms with Gasteiger partial charge in [-0.15, -0.1) is 0 Å². The van der Waals surface area contributed by atoms with Crippen LogP contribution in [0.2, 0.25) is 0 Å². The highest BCUT2D eigenvalue weighted by Crippen LogP contribution is 2.16. The highest BCUT2D eigenvalue weighted by atomic mass is 16.6. The van der Waals surface area contributed by atoms with Crippen LogP contribution in [0, 0.1) is 0 Å². The molecule has 1 fully saturated rings. The molecule has 1 aliphatic rings. The second-order valence-corrected chi connectivity index (χ2v) is 14.2. The number of hydrogen-bond donors (Lipinski definition) is 5. The van der Waals surface area contributed by atoms with E-state index in [1.165, 1.54) is 0 Å². The van der Waals surface area contributed by atoms with Crippen LogP contribution in [0.15, 0.2) is 54.6 Å². The van der Waals surface area contributed by atoms with Gasteiger partial charge in [0.25, 0.3) is 5.91 Å². The van der Waals surface area contributed by atoms with Crippen LogP contribution >= 0.6 is 0 Å². The fourth-order valence-electron chi connectivity index (χ4n) is 5.00. The molecule has 13 heteroatoms. The molecule has 1 aliphatic heterocycles. The maximum Gasteiger partial charge on any atom is 0.407 e. The minimum atomic E-state index is -1.10. The summed E-state index contributed by atoms with van der Waals surface area (Å²) < 4.78 is 22.1. The summed E-state index contributed by atoms with van der Waals surface area (Å²) in [6.45, 7) is 12.8.